The van der Waals surface area contributed by atoms with Crippen molar-refractivity contribution in [3.8, 4) is 17.2 Å². The molecule has 7 nitrogen and oxygen atoms in total. The summed E-state index contributed by atoms with van der Waals surface area (Å²) in [6, 6.07) is 20.5. The summed E-state index contributed by atoms with van der Waals surface area (Å²) in [5.74, 6) is 2.00. The first-order valence-electron chi connectivity index (χ1n) is 10.2. The fourth-order valence-electron chi connectivity index (χ4n) is 3.56. The van der Waals surface area contributed by atoms with Gasteiger partial charge in [0.2, 0.25) is 5.78 Å². The van der Waals surface area contributed by atoms with Gasteiger partial charge in [-0.15, -0.1) is 10.2 Å². The lowest BCUT2D eigenvalue weighted by Gasteiger charge is -2.12. The number of fused-ring (bicyclic) bond motifs is 3. The van der Waals surface area contributed by atoms with Gasteiger partial charge in [0.1, 0.15) is 17.3 Å². The van der Waals surface area contributed by atoms with Crippen LogP contribution in [0.5, 0.6) is 11.5 Å². The Morgan fingerprint density at radius 1 is 0.939 bits per heavy atom. The van der Waals surface area contributed by atoms with Crippen LogP contribution >= 0.6 is 11.8 Å². The Hall–Kier alpha value is -3.85. The van der Waals surface area contributed by atoms with Crippen molar-refractivity contribution >= 4 is 28.4 Å². The van der Waals surface area contributed by atoms with Crippen molar-refractivity contribution in [2.45, 2.75) is 5.16 Å². The quantitative estimate of drug-likeness (QED) is 0.265. The zero-order valence-corrected chi connectivity index (χ0v) is 18.5. The maximum Gasteiger partial charge on any atom is 0.267 e. The molecule has 0 fully saturated rings. The molecule has 0 radical (unpaired) electrons. The van der Waals surface area contributed by atoms with Gasteiger partial charge in [0.15, 0.2) is 5.16 Å². The van der Waals surface area contributed by atoms with E-state index in [1.54, 1.807) is 42.0 Å². The van der Waals surface area contributed by atoms with E-state index in [0.29, 0.717) is 45.9 Å². The topological polar surface area (TPSA) is 70.7 Å². The number of methoxy groups -OCH3 is 1. The molecule has 166 valence electrons. The highest BCUT2D eigenvalue weighted by Gasteiger charge is 2.18. The number of nitrogens with zero attached hydrogens (tertiary/aromatic N) is 4. The van der Waals surface area contributed by atoms with Gasteiger partial charge in [-0.3, -0.25) is 9.20 Å². The molecule has 0 aliphatic rings. The third-order valence-corrected chi connectivity index (χ3v) is 6.02. The van der Waals surface area contributed by atoms with Crippen LogP contribution in [0.3, 0.4) is 0 Å². The predicted molar refractivity (Wildman–Crippen MR) is 125 cm³/mol. The molecule has 0 amide bonds. The van der Waals surface area contributed by atoms with Gasteiger partial charge < -0.3 is 9.47 Å². The number of thioether (sulfide) groups is 1. The average Bonchev–Trinajstić information content (AvgIpc) is 3.27. The molecule has 3 aromatic carbocycles. The second-order valence-electron chi connectivity index (χ2n) is 7.12. The van der Waals surface area contributed by atoms with Crippen molar-refractivity contribution in [1.29, 1.82) is 0 Å². The molecule has 9 heteroatoms. The molecule has 2 heterocycles. The lowest BCUT2D eigenvalue weighted by molar-refractivity contribution is 0.343. The van der Waals surface area contributed by atoms with Crippen LogP contribution in [-0.2, 0) is 0 Å². The number of halogens is 1. The summed E-state index contributed by atoms with van der Waals surface area (Å²) in [6.45, 7) is 0.404. The first-order valence-corrected chi connectivity index (χ1v) is 11.2. The predicted octanol–water partition coefficient (Wildman–Crippen LogP) is 4.35. The van der Waals surface area contributed by atoms with E-state index < -0.39 is 0 Å². The molecule has 0 bridgehead atoms. The van der Waals surface area contributed by atoms with Gasteiger partial charge in [0.25, 0.3) is 5.56 Å². The number of aromatic nitrogens is 4. The summed E-state index contributed by atoms with van der Waals surface area (Å²) in [7, 11) is 1.59. The van der Waals surface area contributed by atoms with Gasteiger partial charge in [0, 0.05) is 5.75 Å². The van der Waals surface area contributed by atoms with Crippen LogP contribution in [0.1, 0.15) is 0 Å². The van der Waals surface area contributed by atoms with Crippen molar-refractivity contribution in [3.63, 3.8) is 0 Å². The van der Waals surface area contributed by atoms with E-state index >= 15 is 0 Å². The molecule has 5 rings (SSSR count). The molecular formula is C24H19FN4O3S. The highest BCUT2D eigenvalue weighted by Crippen LogP contribution is 2.24. The normalized spacial score (nSPS) is 11.2. The van der Waals surface area contributed by atoms with Crippen LogP contribution in [0.15, 0.2) is 82.7 Å². The van der Waals surface area contributed by atoms with Gasteiger partial charge in [-0.25, -0.2) is 8.96 Å². The molecule has 0 N–H and O–H groups in total. The van der Waals surface area contributed by atoms with Gasteiger partial charge >= 0.3 is 0 Å². The van der Waals surface area contributed by atoms with E-state index in [1.165, 1.54) is 23.9 Å². The van der Waals surface area contributed by atoms with E-state index in [0.717, 1.165) is 5.52 Å². The molecule has 0 aliphatic carbocycles. The Bertz CT molecular complexity index is 1480. The lowest BCUT2D eigenvalue weighted by atomic mass is 10.2. The molecule has 2 aromatic heterocycles. The van der Waals surface area contributed by atoms with Gasteiger partial charge in [-0.1, -0.05) is 23.9 Å². The Balaban J connectivity index is 1.51. The number of hydrogen-bond donors (Lipinski definition) is 0. The third kappa shape index (κ3) is 4.03. The minimum Gasteiger partial charge on any atom is -0.497 e. The second kappa shape index (κ2) is 8.95. The van der Waals surface area contributed by atoms with Crippen LogP contribution in [0.2, 0.25) is 0 Å². The highest BCUT2D eigenvalue weighted by molar-refractivity contribution is 7.99. The molecule has 0 unspecified atom stereocenters. The van der Waals surface area contributed by atoms with E-state index in [9.17, 15) is 9.18 Å². The average molecular weight is 463 g/mol. The summed E-state index contributed by atoms with van der Waals surface area (Å²) in [5, 5.41) is 9.89. The number of para-hydroxylation sites is 1. The van der Waals surface area contributed by atoms with Crippen LogP contribution in [0.25, 0.3) is 22.4 Å². The summed E-state index contributed by atoms with van der Waals surface area (Å²) in [4.78, 5) is 13.3. The van der Waals surface area contributed by atoms with Gasteiger partial charge in [0.05, 0.1) is 30.3 Å². The standard InChI is InChI=1S/C24H19FN4O3S/c1-31-18-12-8-17(9-13-18)28-22(30)20-4-2-3-5-21(20)29-23(28)26-27-24(29)33-15-14-32-19-10-6-16(25)7-11-19/h2-13H,14-15H2,1H3. The summed E-state index contributed by atoms with van der Waals surface area (Å²) in [6.07, 6.45) is 0. The first kappa shape index (κ1) is 21.0. The number of ether oxygens (including phenoxy) is 2. The second-order valence-corrected chi connectivity index (χ2v) is 8.19. The minimum absolute atomic E-state index is 0.174. The highest BCUT2D eigenvalue weighted by atomic mass is 32.2. The molecular weight excluding hydrogens is 443 g/mol. The van der Waals surface area contributed by atoms with E-state index in [2.05, 4.69) is 10.2 Å². The minimum atomic E-state index is -0.304. The Labute approximate surface area is 192 Å². The maximum atomic E-state index is 13.3. The van der Waals surface area contributed by atoms with Crippen molar-refractivity contribution in [1.82, 2.24) is 19.2 Å². The van der Waals surface area contributed by atoms with E-state index in [4.69, 9.17) is 9.47 Å². The molecule has 0 atom stereocenters. The Kier molecular flexibility index (Phi) is 5.70. The van der Waals surface area contributed by atoms with Gasteiger partial charge in [-0.05, 0) is 60.7 Å². The summed E-state index contributed by atoms with van der Waals surface area (Å²) in [5.41, 5.74) is 1.22. The van der Waals surface area contributed by atoms with E-state index in [1.807, 2.05) is 34.7 Å². The number of hydrogen-bond acceptors (Lipinski definition) is 6. The SMILES string of the molecule is COc1ccc(-n2c(=O)c3ccccc3n3c(SCCOc4ccc(F)cc4)nnc23)cc1. The Morgan fingerprint density at radius 2 is 1.67 bits per heavy atom. The molecule has 0 aliphatic heterocycles. The molecule has 33 heavy (non-hydrogen) atoms. The lowest BCUT2D eigenvalue weighted by Crippen LogP contribution is -2.21. The van der Waals surface area contributed by atoms with Gasteiger partial charge in [-0.2, -0.15) is 0 Å². The maximum absolute atomic E-state index is 13.3. The molecule has 0 saturated carbocycles. The van der Waals surface area contributed by atoms with Crippen molar-refractivity contribution in [2.75, 3.05) is 19.5 Å². The van der Waals surface area contributed by atoms with Crippen LogP contribution in [0, 0.1) is 5.82 Å². The summed E-state index contributed by atoms with van der Waals surface area (Å²) < 4.78 is 27.4. The van der Waals surface area contributed by atoms with E-state index in [-0.39, 0.29) is 11.4 Å². The first-order chi connectivity index (χ1) is 16.2. The Morgan fingerprint density at radius 3 is 2.42 bits per heavy atom. The fourth-order valence-corrected chi connectivity index (χ4v) is 4.32. The summed E-state index contributed by atoms with van der Waals surface area (Å²) >= 11 is 1.46. The van der Waals surface area contributed by atoms with Crippen LogP contribution in [0.4, 0.5) is 4.39 Å². The van der Waals surface area contributed by atoms with Crippen molar-refractivity contribution in [2.24, 2.45) is 0 Å². The number of benzene rings is 3. The van der Waals surface area contributed by atoms with Crippen molar-refractivity contribution < 1.29 is 13.9 Å². The van der Waals surface area contributed by atoms with Crippen molar-refractivity contribution in [3.05, 3.63) is 89.0 Å². The fraction of sp³-hybridized carbons (Fsp3) is 0.125. The monoisotopic (exact) mass is 462 g/mol. The molecule has 5 aromatic rings. The van der Waals surface area contributed by atoms with Crippen LogP contribution in [-0.4, -0.2) is 38.6 Å². The third-order valence-electron chi connectivity index (χ3n) is 5.12. The number of rotatable bonds is 7. The largest absolute Gasteiger partial charge is 0.497 e. The molecule has 0 saturated heterocycles. The molecule has 0 spiro atoms. The zero-order chi connectivity index (χ0) is 22.8. The zero-order valence-electron chi connectivity index (χ0n) is 17.6. The smallest absolute Gasteiger partial charge is 0.267 e. The van der Waals surface area contributed by atoms with Crippen LogP contribution < -0.4 is 15.0 Å².